The Bertz CT molecular complexity index is 491. The third-order valence-corrected chi connectivity index (χ3v) is 3.06. The average Bonchev–Trinajstić information content (AvgIpc) is 2.84. The van der Waals surface area contributed by atoms with E-state index in [9.17, 15) is 4.79 Å². The maximum atomic E-state index is 11.8. The summed E-state index contributed by atoms with van der Waals surface area (Å²) < 4.78 is 10.6. The number of ether oxygens (including phenoxy) is 1. The van der Waals surface area contributed by atoms with Crippen LogP contribution in [0.1, 0.15) is 15.4 Å². The molecule has 6 heteroatoms. The van der Waals surface area contributed by atoms with Crippen LogP contribution in [0.5, 0.6) is 5.19 Å². The van der Waals surface area contributed by atoms with Gasteiger partial charge in [-0.25, -0.2) is 4.98 Å². The number of ketones is 1. The molecule has 15 heavy (non-hydrogen) atoms. The van der Waals surface area contributed by atoms with E-state index in [1.54, 1.807) is 12.1 Å². The van der Waals surface area contributed by atoms with E-state index < -0.39 is 0 Å². The lowest BCUT2D eigenvalue weighted by atomic mass is 10.3. The van der Waals surface area contributed by atoms with Crippen molar-refractivity contribution in [3.05, 3.63) is 33.6 Å². The zero-order valence-electron chi connectivity index (χ0n) is 7.69. The summed E-state index contributed by atoms with van der Waals surface area (Å²) >= 11 is 4.32. The Hall–Kier alpha value is -1.14. The molecule has 0 unspecified atom stereocenters. The van der Waals surface area contributed by atoms with E-state index in [1.807, 2.05) is 0 Å². The van der Waals surface area contributed by atoms with Gasteiger partial charge in [0.15, 0.2) is 10.4 Å². The zero-order chi connectivity index (χ0) is 10.8. The van der Waals surface area contributed by atoms with Crippen molar-refractivity contribution in [3.63, 3.8) is 0 Å². The van der Waals surface area contributed by atoms with E-state index in [-0.39, 0.29) is 11.5 Å². The molecular weight excluding hydrogens is 282 g/mol. The highest BCUT2D eigenvalue weighted by molar-refractivity contribution is 9.10. The van der Waals surface area contributed by atoms with Gasteiger partial charge in [-0.2, -0.15) is 0 Å². The molecule has 0 aliphatic rings. The van der Waals surface area contributed by atoms with Crippen LogP contribution >= 0.6 is 27.3 Å². The molecule has 0 bridgehead atoms. The molecule has 0 aliphatic carbocycles. The van der Waals surface area contributed by atoms with Gasteiger partial charge in [-0.3, -0.25) is 4.79 Å². The van der Waals surface area contributed by atoms with Gasteiger partial charge in [0.1, 0.15) is 4.88 Å². The van der Waals surface area contributed by atoms with Gasteiger partial charge < -0.3 is 9.15 Å². The number of carbonyl (C=O) groups is 1. The van der Waals surface area contributed by atoms with E-state index >= 15 is 0 Å². The fourth-order valence-corrected chi connectivity index (χ4v) is 2.00. The second kappa shape index (κ2) is 4.16. The minimum absolute atomic E-state index is 0.193. The van der Waals surface area contributed by atoms with Crippen molar-refractivity contribution < 1.29 is 13.9 Å². The molecule has 2 heterocycles. The summed E-state index contributed by atoms with van der Waals surface area (Å²) in [5.41, 5.74) is 0. The summed E-state index contributed by atoms with van der Waals surface area (Å²) in [6, 6.07) is 3.28. The van der Waals surface area contributed by atoms with Gasteiger partial charge in [-0.1, -0.05) is 11.3 Å². The molecule has 0 spiro atoms. The van der Waals surface area contributed by atoms with Crippen LogP contribution in [0.15, 0.2) is 27.4 Å². The molecule has 0 saturated heterocycles. The van der Waals surface area contributed by atoms with Gasteiger partial charge in [0.05, 0.1) is 13.3 Å². The lowest BCUT2D eigenvalue weighted by molar-refractivity contribution is 0.101. The predicted octanol–water partition coefficient (Wildman–Crippen LogP) is 2.74. The minimum Gasteiger partial charge on any atom is -0.473 e. The lowest BCUT2D eigenvalue weighted by Crippen LogP contribution is -1.95. The third-order valence-electron chi connectivity index (χ3n) is 1.68. The smallest absolute Gasteiger partial charge is 0.273 e. The quantitative estimate of drug-likeness (QED) is 0.815. The van der Waals surface area contributed by atoms with E-state index in [4.69, 9.17) is 9.15 Å². The lowest BCUT2D eigenvalue weighted by Gasteiger charge is -1.90. The van der Waals surface area contributed by atoms with Crippen LogP contribution in [0.3, 0.4) is 0 Å². The standard InChI is InChI=1S/C9H6BrNO3S/c1-13-9-11-4-6(15-9)8(12)5-2-3-7(10)14-5/h2-4H,1H3. The molecule has 0 aromatic carbocycles. The first kappa shape index (κ1) is 10.4. The van der Waals surface area contributed by atoms with Crippen LogP contribution in [0, 0.1) is 0 Å². The number of halogens is 1. The molecule has 0 N–H and O–H groups in total. The van der Waals surface area contributed by atoms with E-state index in [0.717, 1.165) is 0 Å². The van der Waals surface area contributed by atoms with Crippen molar-refractivity contribution >= 4 is 33.0 Å². The predicted molar refractivity (Wildman–Crippen MR) is 58.5 cm³/mol. The highest BCUT2D eigenvalue weighted by Gasteiger charge is 2.16. The SMILES string of the molecule is COc1ncc(C(=O)c2ccc(Br)o2)s1. The summed E-state index contributed by atoms with van der Waals surface area (Å²) in [6.07, 6.45) is 1.47. The molecule has 0 aliphatic heterocycles. The first-order valence-corrected chi connectivity index (χ1v) is 5.61. The Morgan fingerprint density at radius 3 is 2.93 bits per heavy atom. The van der Waals surface area contributed by atoms with Gasteiger partial charge >= 0.3 is 0 Å². The molecule has 2 aromatic rings. The Morgan fingerprint density at radius 2 is 2.40 bits per heavy atom. The summed E-state index contributed by atoms with van der Waals surface area (Å²) in [5.74, 6) is 0.0923. The topological polar surface area (TPSA) is 52.3 Å². The molecule has 0 atom stereocenters. The number of aromatic nitrogens is 1. The van der Waals surface area contributed by atoms with E-state index in [0.29, 0.717) is 14.7 Å². The third kappa shape index (κ3) is 2.10. The van der Waals surface area contributed by atoms with Crippen LogP contribution in [0.25, 0.3) is 0 Å². The van der Waals surface area contributed by atoms with Gasteiger partial charge in [-0.15, -0.1) is 0 Å². The van der Waals surface area contributed by atoms with E-state index in [1.165, 1.54) is 24.6 Å². The number of furan rings is 1. The summed E-state index contributed by atoms with van der Waals surface area (Å²) in [6.45, 7) is 0. The highest BCUT2D eigenvalue weighted by Crippen LogP contribution is 2.24. The van der Waals surface area contributed by atoms with Crippen molar-refractivity contribution in [1.82, 2.24) is 4.98 Å². The van der Waals surface area contributed by atoms with Crippen LogP contribution in [0.4, 0.5) is 0 Å². The number of thiazole rings is 1. The molecular formula is C9H6BrNO3S. The average molecular weight is 288 g/mol. The first-order valence-electron chi connectivity index (χ1n) is 4.00. The van der Waals surface area contributed by atoms with Crippen LogP contribution in [-0.4, -0.2) is 17.9 Å². The number of hydrogen-bond donors (Lipinski definition) is 0. The Balaban J connectivity index is 2.28. The van der Waals surface area contributed by atoms with Crippen molar-refractivity contribution in [3.8, 4) is 5.19 Å². The van der Waals surface area contributed by atoms with E-state index in [2.05, 4.69) is 20.9 Å². The zero-order valence-corrected chi connectivity index (χ0v) is 10.1. The fraction of sp³-hybridized carbons (Fsp3) is 0.111. The number of hydrogen-bond acceptors (Lipinski definition) is 5. The number of carbonyl (C=O) groups excluding carboxylic acids is 1. The normalized spacial score (nSPS) is 10.3. The summed E-state index contributed by atoms with van der Waals surface area (Å²) in [4.78, 5) is 16.2. The number of rotatable bonds is 3. The van der Waals surface area contributed by atoms with Gasteiger partial charge in [0, 0.05) is 0 Å². The second-order valence-corrected chi connectivity index (χ2v) is 4.40. The van der Waals surface area contributed by atoms with Crippen molar-refractivity contribution in [2.75, 3.05) is 7.11 Å². The number of methoxy groups -OCH3 is 1. The van der Waals surface area contributed by atoms with Crippen LogP contribution in [0.2, 0.25) is 0 Å². The maximum Gasteiger partial charge on any atom is 0.273 e. The summed E-state index contributed by atoms with van der Waals surface area (Å²) in [7, 11) is 1.51. The second-order valence-electron chi connectivity index (χ2n) is 2.63. The van der Waals surface area contributed by atoms with Crippen LogP contribution in [-0.2, 0) is 0 Å². The van der Waals surface area contributed by atoms with Crippen molar-refractivity contribution in [2.24, 2.45) is 0 Å². The first-order chi connectivity index (χ1) is 7.20. The van der Waals surface area contributed by atoms with Crippen molar-refractivity contribution in [1.29, 1.82) is 0 Å². The van der Waals surface area contributed by atoms with Crippen LogP contribution < -0.4 is 4.74 Å². The molecule has 78 valence electrons. The highest BCUT2D eigenvalue weighted by atomic mass is 79.9. The fourth-order valence-electron chi connectivity index (χ4n) is 1.02. The molecule has 0 radical (unpaired) electrons. The van der Waals surface area contributed by atoms with Crippen molar-refractivity contribution in [2.45, 2.75) is 0 Å². The Labute approximate surface area is 98.0 Å². The Morgan fingerprint density at radius 1 is 1.60 bits per heavy atom. The monoisotopic (exact) mass is 287 g/mol. The molecule has 0 saturated carbocycles. The van der Waals surface area contributed by atoms with Gasteiger partial charge in [0.2, 0.25) is 5.78 Å². The maximum absolute atomic E-state index is 11.8. The minimum atomic E-state index is -0.193. The molecule has 0 amide bonds. The van der Waals surface area contributed by atoms with Gasteiger partial charge in [-0.05, 0) is 28.1 Å². The summed E-state index contributed by atoms with van der Waals surface area (Å²) in [5, 5.41) is 0.462. The Kier molecular flexibility index (Phi) is 2.88. The molecule has 2 rings (SSSR count). The number of nitrogens with zero attached hydrogens (tertiary/aromatic N) is 1. The molecule has 4 nitrogen and oxygen atoms in total. The van der Waals surface area contributed by atoms with Gasteiger partial charge in [0.25, 0.3) is 5.19 Å². The largest absolute Gasteiger partial charge is 0.473 e. The molecule has 0 fully saturated rings. The molecule has 2 aromatic heterocycles.